The van der Waals surface area contributed by atoms with Crippen LogP contribution in [0.3, 0.4) is 0 Å². The largest absolute Gasteiger partial charge is 0.360 e. The molecule has 94 valence electrons. The predicted octanol–water partition coefficient (Wildman–Crippen LogP) is 4.81. The van der Waals surface area contributed by atoms with Crippen molar-refractivity contribution in [3.63, 3.8) is 0 Å². The third-order valence-electron chi connectivity index (χ3n) is 2.99. The summed E-state index contributed by atoms with van der Waals surface area (Å²) in [5.74, 6) is -0.0129. The van der Waals surface area contributed by atoms with E-state index in [-0.39, 0.29) is 5.78 Å². The summed E-state index contributed by atoms with van der Waals surface area (Å²) in [7, 11) is 0. The van der Waals surface area contributed by atoms with E-state index in [1.165, 1.54) is 0 Å². The number of nitrogens with one attached hydrogen (secondary N) is 1. The maximum absolute atomic E-state index is 12.5. The lowest BCUT2D eigenvalue weighted by Gasteiger charge is -2.00. The number of fused-ring (bicyclic) bond motifs is 1. The number of aromatic nitrogens is 1. The molecule has 0 unspecified atom stereocenters. The van der Waals surface area contributed by atoms with Gasteiger partial charge in [0, 0.05) is 37.7 Å². The molecule has 0 bridgehead atoms. The monoisotopic (exact) mass is 333 g/mol. The first-order valence-corrected chi connectivity index (χ1v) is 6.89. The van der Waals surface area contributed by atoms with Crippen molar-refractivity contribution in [1.29, 1.82) is 0 Å². The van der Waals surface area contributed by atoms with Crippen LogP contribution in [-0.4, -0.2) is 10.8 Å². The lowest BCUT2D eigenvalue weighted by molar-refractivity contribution is 0.104. The summed E-state index contributed by atoms with van der Waals surface area (Å²) in [5.41, 5.74) is 2.20. The van der Waals surface area contributed by atoms with Gasteiger partial charge in [-0.2, -0.15) is 0 Å². The second-order valence-corrected chi connectivity index (χ2v) is 5.58. The minimum atomic E-state index is -0.0129. The van der Waals surface area contributed by atoms with Gasteiger partial charge in [-0.05, 0) is 42.5 Å². The Kier molecular flexibility index (Phi) is 3.17. The molecule has 4 heteroatoms. The zero-order valence-electron chi connectivity index (χ0n) is 9.78. The van der Waals surface area contributed by atoms with Crippen LogP contribution in [-0.2, 0) is 0 Å². The highest BCUT2D eigenvalue weighted by Crippen LogP contribution is 2.24. The summed E-state index contributed by atoms with van der Waals surface area (Å²) in [6, 6.07) is 12.8. The van der Waals surface area contributed by atoms with Crippen LogP contribution < -0.4 is 0 Å². The summed E-state index contributed by atoms with van der Waals surface area (Å²) in [5, 5.41) is 1.47. The van der Waals surface area contributed by atoms with Crippen LogP contribution in [0, 0.1) is 0 Å². The Morgan fingerprint density at radius 2 is 1.84 bits per heavy atom. The fourth-order valence-electron chi connectivity index (χ4n) is 2.04. The molecule has 2 nitrogen and oxygen atoms in total. The number of benzene rings is 2. The van der Waals surface area contributed by atoms with Gasteiger partial charge in [-0.1, -0.05) is 27.5 Å². The maximum atomic E-state index is 12.5. The van der Waals surface area contributed by atoms with E-state index < -0.39 is 0 Å². The summed E-state index contributed by atoms with van der Waals surface area (Å²) < 4.78 is 0.950. The summed E-state index contributed by atoms with van der Waals surface area (Å²) >= 11 is 9.35. The Labute approximate surface area is 123 Å². The normalized spacial score (nSPS) is 10.8. The van der Waals surface area contributed by atoms with Crippen LogP contribution in [0.2, 0.25) is 5.02 Å². The van der Waals surface area contributed by atoms with Crippen molar-refractivity contribution < 1.29 is 4.79 Å². The number of hydrogen-bond acceptors (Lipinski definition) is 1. The number of halogens is 2. The van der Waals surface area contributed by atoms with Gasteiger partial charge in [0.2, 0.25) is 0 Å². The fourth-order valence-corrected chi connectivity index (χ4v) is 2.47. The van der Waals surface area contributed by atoms with Crippen LogP contribution in [0.25, 0.3) is 10.9 Å². The molecule has 19 heavy (non-hydrogen) atoms. The van der Waals surface area contributed by atoms with Gasteiger partial charge in [0.15, 0.2) is 5.78 Å². The summed E-state index contributed by atoms with van der Waals surface area (Å²) in [6.45, 7) is 0. The highest BCUT2D eigenvalue weighted by Gasteiger charge is 2.14. The third-order valence-corrected chi connectivity index (χ3v) is 3.76. The SMILES string of the molecule is O=C(c1ccc(Br)cc1)c1c[nH]c2ccc(Cl)cc12. The molecule has 0 aliphatic heterocycles. The zero-order chi connectivity index (χ0) is 13.4. The van der Waals surface area contributed by atoms with E-state index in [1.54, 1.807) is 30.5 Å². The average Bonchev–Trinajstić information content (AvgIpc) is 2.81. The minimum Gasteiger partial charge on any atom is -0.360 e. The molecular formula is C15H9BrClNO. The van der Waals surface area contributed by atoms with Crippen molar-refractivity contribution in [2.75, 3.05) is 0 Å². The average molecular weight is 335 g/mol. The van der Waals surface area contributed by atoms with E-state index >= 15 is 0 Å². The number of aromatic amines is 1. The molecule has 0 radical (unpaired) electrons. The molecule has 0 fully saturated rings. The number of carbonyl (C=O) groups excluding carboxylic acids is 1. The van der Waals surface area contributed by atoms with E-state index in [4.69, 9.17) is 11.6 Å². The Morgan fingerprint density at radius 1 is 1.11 bits per heavy atom. The van der Waals surface area contributed by atoms with Gasteiger partial charge in [-0.3, -0.25) is 4.79 Å². The highest BCUT2D eigenvalue weighted by molar-refractivity contribution is 9.10. The van der Waals surface area contributed by atoms with E-state index in [2.05, 4.69) is 20.9 Å². The van der Waals surface area contributed by atoms with Crippen LogP contribution >= 0.6 is 27.5 Å². The number of hydrogen-bond donors (Lipinski definition) is 1. The maximum Gasteiger partial charge on any atom is 0.195 e. The van der Waals surface area contributed by atoms with Crippen molar-refractivity contribution in [3.8, 4) is 0 Å². The second-order valence-electron chi connectivity index (χ2n) is 4.23. The third kappa shape index (κ3) is 2.31. The molecule has 1 aromatic heterocycles. The lowest BCUT2D eigenvalue weighted by atomic mass is 10.0. The summed E-state index contributed by atoms with van der Waals surface area (Å²) in [4.78, 5) is 15.6. The quantitative estimate of drug-likeness (QED) is 0.670. The molecule has 2 aromatic carbocycles. The smallest absolute Gasteiger partial charge is 0.195 e. The molecule has 0 spiro atoms. The molecule has 3 aromatic rings. The van der Waals surface area contributed by atoms with Gasteiger partial charge in [-0.25, -0.2) is 0 Å². The van der Waals surface area contributed by atoms with Gasteiger partial charge < -0.3 is 4.98 Å². The first-order chi connectivity index (χ1) is 9.15. The van der Waals surface area contributed by atoms with E-state index in [1.807, 2.05) is 18.2 Å². The van der Waals surface area contributed by atoms with Crippen molar-refractivity contribution in [3.05, 3.63) is 69.3 Å². The van der Waals surface area contributed by atoms with Crippen molar-refractivity contribution in [2.45, 2.75) is 0 Å². The van der Waals surface area contributed by atoms with Crippen molar-refractivity contribution in [2.24, 2.45) is 0 Å². The van der Waals surface area contributed by atoms with Gasteiger partial charge in [-0.15, -0.1) is 0 Å². The van der Waals surface area contributed by atoms with Crippen LogP contribution in [0.5, 0.6) is 0 Å². The molecule has 0 aliphatic rings. The highest BCUT2D eigenvalue weighted by atomic mass is 79.9. The number of H-pyrrole nitrogens is 1. The second kappa shape index (κ2) is 4.83. The molecule has 0 saturated heterocycles. The van der Waals surface area contributed by atoms with Gasteiger partial charge in [0.1, 0.15) is 0 Å². The van der Waals surface area contributed by atoms with E-state index in [0.29, 0.717) is 16.1 Å². The Morgan fingerprint density at radius 3 is 2.58 bits per heavy atom. The van der Waals surface area contributed by atoms with Crippen molar-refractivity contribution in [1.82, 2.24) is 4.98 Å². The minimum absolute atomic E-state index is 0.0129. The molecule has 3 rings (SSSR count). The van der Waals surface area contributed by atoms with E-state index in [0.717, 1.165) is 15.4 Å². The zero-order valence-corrected chi connectivity index (χ0v) is 12.1. The Balaban J connectivity index is 2.11. The number of ketones is 1. The van der Waals surface area contributed by atoms with Gasteiger partial charge >= 0.3 is 0 Å². The topological polar surface area (TPSA) is 32.9 Å². The number of carbonyl (C=O) groups is 1. The Hall–Kier alpha value is -1.58. The molecule has 0 atom stereocenters. The number of rotatable bonds is 2. The molecule has 0 saturated carbocycles. The molecule has 0 aliphatic carbocycles. The van der Waals surface area contributed by atoms with Crippen molar-refractivity contribution >= 4 is 44.2 Å². The van der Waals surface area contributed by atoms with Crippen LogP contribution in [0.1, 0.15) is 15.9 Å². The molecule has 0 amide bonds. The molecule has 1 N–H and O–H groups in total. The van der Waals surface area contributed by atoms with E-state index in [9.17, 15) is 4.79 Å². The predicted molar refractivity (Wildman–Crippen MR) is 80.9 cm³/mol. The first kappa shape index (κ1) is 12.5. The molecule has 1 heterocycles. The summed E-state index contributed by atoms with van der Waals surface area (Å²) in [6.07, 6.45) is 1.73. The Bertz CT molecular complexity index is 761. The molecular weight excluding hydrogens is 326 g/mol. The first-order valence-electron chi connectivity index (χ1n) is 5.72. The van der Waals surface area contributed by atoms with Gasteiger partial charge in [0.25, 0.3) is 0 Å². The van der Waals surface area contributed by atoms with Crippen LogP contribution in [0.4, 0.5) is 0 Å². The van der Waals surface area contributed by atoms with Crippen LogP contribution in [0.15, 0.2) is 53.1 Å². The standard InChI is InChI=1S/C15H9BrClNO/c16-10-3-1-9(2-4-10)15(19)13-8-18-14-6-5-11(17)7-12(13)14/h1-8,18H. The lowest BCUT2D eigenvalue weighted by Crippen LogP contribution is -1.99. The van der Waals surface area contributed by atoms with Gasteiger partial charge in [0.05, 0.1) is 0 Å². The fraction of sp³-hybridized carbons (Fsp3) is 0.